The predicted molar refractivity (Wildman–Crippen MR) is 94.7 cm³/mol. The maximum absolute atomic E-state index is 11.9. The minimum absolute atomic E-state index is 0.0922. The monoisotopic (exact) mass is 380 g/mol. The number of esters is 1. The fraction of sp³-hybridized carbons (Fsp3) is 0.267. The second-order valence-corrected chi connectivity index (χ2v) is 6.50. The van der Waals surface area contributed by atoms with Crippen LogP contribution in [0, 0.1) is 0 Å². The summed E-state index contributed by atoms with van der Waals surface area (Å²) >= 11 is 2.50. The Morgan fingerprint density at radius 2 is 2.08 bits per heavy atom. The van der Waals surface area contributed by atoms with E-state index in [1.54, 1.807) is 31.2 Å². The van der Waals surface area contributed by atoms with Gasteiger partial charge in [-0.2, -0.15) is 0 Å². The van der Waals surface area contributed by atoms with Crippen LogP contribution in [0.15, 0.2) is 34.7 Å². The molecule has 25 heavy (non-hydrogen) atoms. The molecule has 10 heteroatoms. The van der Waals surface area contributed by atoms with Gasteiger partial charge < -0.3 is 15.4 Å². The maximum Gasteiger partial charge on any atom is 0.325 e. The molecule has 0 bridgehead atoms. The van der Waals surface area contributed by atoms with Crippen molar-refractivity contribution in [2.24, 2.45) is 0 Å². The number of nitrogens with one attached hydrogen (secondary N) is 2. The summed E-state index contributed by atoms with van der Waals surface area (Å²) in [6.45, 7) is 1.81. The smallest absolute Gasteiger partial charge is 0.325 e. The van der Waals surface area contributed by atoms with Crippen molar-refractivity contribution in [3.63, 3.8) is 0 Å². The summed E-state index contributed by atoms with van der Waals surface area (Å²) in [7, 11) is 0. The van der Waals surface area contributed by atoms with Gasteiger partial charge in [0.15, 0.2) is 5.82 Å². The van der Waals surface area contributed by atoms with Gasteiger partial charge in [0.2, 0.25) is 5.91 Å². The number of thiophene rings is 1. The van der Waals surface area contributed by atoms with Crippen LogP contribution in [-0.2, 0) is 14.3 Å². The molecular formula is C15H16N4O4S2. The second-order valence-electron chi connectivity index (χ2n) is 4.56. The van der Waals surface area contributed by atoms with Crippen LogP contribution in [0.5, 0.6) is 0 Å². The van der Waals surface area contributed by atoms with Crippen LogP contribution in [0.1, 0.15) is 16.6 Å². The predicted octanol–water partition coefficient (Wildman–Crippen LogP) is 1.56. The zero-order valence-corrected chi connectivity index (χ0v) is 15.0. The fourth-order valence-electron chi connectivity index (χ4n) is 1.62. The lowest BCUT2D eigenvalue weighted by molar-refractivity contribution is -0.143. The largest absolute Gasteiger partial charge is 0.465 e. The molecule has 0 spiro atoms. The molecule has 8 nitrogen and oxygen atoms in total. The minimum Gasteiger partial charge on any atom is -0.465 e. The van der Waals surface area contributed by atoms with Crippen molar-refractivity contribution in [1.29, 1.82) is 0 Å². The van der Waals surface area contributed by atoms with Crippen molar-refractivity contribution in [3.05, 3.63) is 34.5 Å². The van der Waals surface area contributed by atoms with Crippen molar-refractivity contribution < 1.29 is 19.1 Å². The van der Waals surface area contributed by atoms with E-state index in [4.69, 9.17) is 4.74 Å². The van der Waals surface area contributed by atoms with E-state index in [0.717, 1.165) is 0 Å². The first-order valence-corrected chi connectivity index (χ1v) is 9.18. The van der Waals surface area contributed by atoms with Crippen LogP contribution < -0.4 is 10.6 Å². The fourth-order valence-corrected chi connectivity index (χ4v) is 2.89. The number of carbonyl (C=O) groups excluding carboxylic acids is 3. The van der Waals surface area contributed by atoms with Gasteiger partial charge in [-0.15, -0.1) is 21.5 Å². The molecule has 0 aromatic carbocycles. The molecule has 2 aromatic rings. The van der Waals surface area contributed by atoms with Gasteiger partial charge in [-0.3, -0.25) is 14.4 Å². The molecule has 0 saturated carbocycles. The van der Waals surface area contributed by atoms with E-state index in [-0.39, 0.29) is 30.7 Å². The van der Waals surface area contributed by atoms with Gasteiger partial charge >= 0.3 is 5.97 Å². The molecule has 0 saturated heterocycles. The lowest BCUT2D eigenvalue weighted by Gasteiger charge is -2.05. The number of carbonyl (C=O) groups is 3. The highest BCUT2D eigenvalue weighted by Gasteiger charge is 2.10. The average molecular weight is 380 g/mol. The number of nitrogens with zero attached hydrogens (tertiary/aromatic N) is 2. The Morgan fingerprint density at radius 1 is 1.24 bits per heavy atom. The van der Waals surface area contributed by atoms with Crippen molar-refractivity contribution in [1.82, 2.24) is 15.5 Å². The molecule has 0 aliphatic rings. The van der Waals surface area contributed by atoms with Crippen molar-refractivity contribution in [2.75, 3.05) is 24.2 Å². The summed E-state index contributed by atoms with van der Waals surface area (Å²) < 4.78 is 4.71. The van der Waals surface area contributed by atoms with Crippen molar-refractivity contribution in [3.8, 4) is 0 Å². The Balaban J connectivity index is 1.75. The van der Waals surface area contributed by atoms with Gasteiger partial charge in [0, 0.05) is 0 Å². The molecule has 2 N–H and O–H groups in total. The second kappa shape index (κ2) is 9.74. The Kier molecular flexibility index (Phi) is 7.36. The number of aromatic nitrogens is 2. The van der Waals surface area contributed by atoms with E-state index in [9.17, 15) is 14.4 Å². The molecule has 2 heterocycles. The summed E-state index contributed by atoms with van der Waals surface area (Å²) in [5, 5.41) is 15.3. The summed E-state index contributed by atoms with van der Waals surface area (Å²) in [6, 6.07) is 6.77. The Bertz CT molecular complexity index is 720. The molecule has 0 fully saturated rings. The summed E-state index contributed by atoms with van der Waals surface area (Å²) in [4.78, 5) is 35.2. The first-order chi connectivity index (χ1) is 12.1. The Morgan fingerprint density at radius 3 is 2.72 bits per heavy atom. The van der Waals surface area contributed by atoms with Crippen molar-refractivity contribution in [2.45, 2.75) is 11.9 Å². The van der Waals surface area contributed by atoms with Crippen molar-refractivity contribution >= 4 is 46.7 Å². The van der Waals surface area contributed by atoms with Gasteiger partial charge in [0.25, 0.3) is 5.91 Å². The number of ether oxygens (including phenoxy) is 1. The first kappa shape index (κ1) is 18.9. The average Bonchev–Trinajstić information content (AvgIpc) is 3.14. The van der Waals surface area contributed by atoms with E-state index < -0.39 is 5.97 Å². The molecule has 2 amide bonds. The molecule has 0 radical (unpaired) electrons. The molecular weight excluding hydrogens is 364 g/mol. The quantitative estimate of drug-likeness (QED) is 0.528. The number of anilines is 1. The summed E-state index contributed by atoms with van der Waals surface area (Å²) in [5.74, 6) is -0.617. The lowest BCUT2D eigenvalue weighted by Crippen LogP contribution is -2.31. The summed E-state index contributed by atoms with van der Waals surface area (Å²) in [5.41, 5.74) is 0. The van der Waals surface area contributed by atoms with Crippen LogP contribution in [-0.4, -0.2) is 46.9 Å². The normalized spacial score (nSPS) is 10.1. The zero-order valence-electron chi connectivity index (χ0n) is 13.4. The number of thioether (sulfide) groups is 1. The highest BCUT2D eigenvalue weighted by molar-refractivity contribution is 7.99. The van der Waals surface area contributed by atoms with Gasteiger partial charge in [-0.1, -0.05) is 17.8 Å². The van der Waals surface area contributed by atoms with Gasteiger partial charge in [0.05, 0.1) is 17.2 Å². The highest BCUT2D eigenvalue weighted by atomic mass is 32.2. The number of amides is 2. The number of hydrogen-bond acceptors (Lipinski definition) is 8. The third-order valence-electron chi connectivity index (χ3n) is 2.71. The molecule has 132 valence electrons. The Labute approximate surface area is 152 Å². The molecule has 0 atom stereocenters. The van der Waals surface area contributed by atoms with Crippen LogP contribution in [0.25, 0.3) is 0 Å². The van der Waals surface area contributed by atoms with E-state index in [1.807, 2.05) is 5.38 Å². The van der Waals surface area contributed by atoms with E-state index in [2.05, 4.69) is 20.8 Å². The maximum atomic E-state index is 11.9. The SMILES string of the molecule is CCOC(=O)CNC(=O)CSc1ccc(NC(=O)c2cccs2)nn1. The molecule has 2 aromatic heterocycles. The molecule has 2 rings (SSSR count). The minimum atomic E-state index is -0.480. The topological polar surface area (TPSA) is 110 Å². The van der Waals surface area contributed by atoms with E-state index in [0.29, 0.717) is 15.7 Å². The third kappa shape index (κ3) is 6.51. The Hall–Kier alpha value is -2.46. The standard InChI is InChI=1S/C15H16N4O4S2/c1-2-23-14(21)8-16-12(20)9-25-13-6-5-11(18-19-13)17-15(22)10-4-3-7-24-10/h3-7H,2,8-9H2,1H3,(H,16,20)(H,17,18,22). The highest BCUT2D eigenvalue weighted by Crippen LogP contribution is 2.16. The van der Waals surface area contributed by atoms with Crippen LogP contribution in [0.3, 0.4) is 0 Å². The molecule has 0 aliphatic carbocycles. The lowest BCUT2D eigenvalue weighted by atomic mass is 10.4. The van der Waals surface area contributed by atoms with Gasteiger partial charge in [-0.25, -0.2) is 0 Å². The van der Waals surface area contributed by atoms with Crippen LogP contribution >= 0.6 is 23.1 Å². The van der Waals surface area contributed by atoms with Gasteiger partial charge in [0.1, 0.15) is 11.6 Å². The van der Waals surface area contributed by atoms with Gasteiger partial charge in [-0.05, 0) is 30.5 Å². The van der Waals surface area contributed by atoms with Crippen LogP contribution in [0.4, 0.5) is 5.82 Å². The van der Waals surface area contributed by atoms with E-state index in [1.165, 1.54) is 23.1 Å². The summed E-state index contributed by atoms with van der Waals surface area (Å²) in [6.07, 6.45) is 0. The van der Waals surface area contributed by atoms with E-state index >= 15 is 0 Å². The first-order valence-electron chi connectivity index (χ1n) is 7.32. The molecule has 0 unspecified atom stereocenters. The third-order valence-corrected chi connectivity index (χ3v) is 4.50. The molecule has 0 aliphatic heterocycles. The zero-order chi connectivity index (χ0) is 18.1. The number of rotatable bonds is 8. The van der Waals surface area contributed by atoms with Crippen LogP contribution in [0.2, 0.25) is 0 Å². The number of hydrogen-bond donors (Lipinski definition) is 2.